The van der Waals surface area contributed by atoms with Gasteiger partial charge >= 0.3 is 0 Å². The van der Waals surface area contributed by atoms with Gasteiger partial charge in [0.15, 0.2) is 0 Å². The smallest absolute Gasteiger partial charge is 0.227 e. The van der Waals surface area contributed by atoms with E-state index in [1.807, 2.05) is 35.7 Å². The SMILES string of the molecule is Cc1nccn1CC(C)C(=O)N1CCc2nc(C3CCCCN3C)ncc2C1. The summed E-state index contributed by atoms with van der Waals surface area (Å²) in [4.78, 5) is 31.1. The van der Waals surface area contributed by atoms with Crippen LogP contribution in [0.4, 0.5) is 0 Å². The van der Waals surface area contributed by atoms with E-state index in [9.17, 15) is 4.79 Å². The molecule has 7 heteroatoms. The fourth-order valence-corrected chi connectivity index (χ4v) is 4.36. The van der Waals surface area contributed by atoms with E-state index in [2.05, 4.69) is 21.9 Å². The van der Waals surface area contributed by atoms with Gasteiger partial charge in [-0.3, -0.25) is 9.69 Å². The Morgan fingerprint density at radius 2 is 2.14 bits per heavy atom. The van der Waals surface area contributed by atoms with Crippen LogP contribution in [0.25, 0.3) is 0 Å². The van der Waals surface area contributed by atoms with Crippen molar-refractivity contribution in [2.45, 2.75) is 58.7 Å². The number of piperidine rings is 1. The van der Waals surface area contributed by atoms with Crippen molar-refractivity contribution in [3.05, 3.63) is 41.5 Å². The first-order valence-corrected chi connectivity index (χ1v) is 10.3. The zero-order chi connectivity index (χ0) is 19.7. The molecule has 0 aliphatic carbocycles. The molecule has 2 aliphatic heterocycles. The molecule has 1 amide bonds. The Kier molecular flexibility index (Phi) is 5.44. The highest BCUT2D eigenvalue weighted by Gasteiger charge is 2.28. The van der Waals surface area contributed by atoms with E-state index in [1.54, 1.807) is 6.20 Å². The van der Waals surface area contributed by atoms with Crippen LogP contribution in [0.5, 0.6) is 0 Å². The predicted octanol–water partition coefficient (Wildman–Crippen LogP) is 2.36. The van der Waals surface area contributed by atoms with Crippen LogP contribution in [0.1, 0.15) is 55.1 Å². The van der Waals surface area contributed by atoms with Crippen LogP contribution in [-0.4, -0.2) is 55.4 Å². The lowest BCUT2D eigenvalue weighted by Gasteiger charge is -2.33. The third-order valence-electron chi connectivity index (χ3n) is 6.15. The fraction of sp³-hybridized carbons (Fsp3) is 0.619. The molecule has 2 aromatic heterocycles. The number of fused-ring (bicyclic) bond motifs is 1. The van der Waals surface area contributed by atoms with Crippen LogP contribution in [0, 0.1) is 12.8 Å². The number of carbonyl (C=O) groups is 1. The molecule has 2 unspecified atom stereocenters. The first-order chi connectivity index (χ1) is 13.5. The average Bonchev–Trinajstić information content (AvgIpc) is 3.11. The Balaban J connectivity index is 1.43. The molecule has 4 rings (SSSR count). The van der Waals surface area contributed by atoms with E-state index in [1.165, 1.54) is 12.8 Å². The van der Waals surface area contributed by atoms with Gasteiger partial charge in [-0.1, -0.05) is 13.3 Å². The normalized spacial score (nSPS) is 21.4. The summed E-state index contributed by atoms with van der Waals surface area (Å²) in [6.45, 7) is 7.08. The number of amides is 1. The number of imidazole rings is 1. The van der Waals surface area contributed by atoms with Crippen molar-refractivity contribution >= 4 is 5.91 Å². The second-order valence-electron chi connectivity index (χ2n) is 8.23. The maximum Gasteiger partial charge on any atom is 0.227 e. The first-order valence-electron chi connectivity index (χ1n) is 10.3. The predicted molar refractivity (Wildman–Crippen MR) is 107 cm³/mol. The van der Waals surface area contributed by atoms with Crippen molar-refractivity contribution in [2.24, 2.45) is 5.92 Å². The third kappa shape index (κ3) is 3.81. The lowest BCUT2D eigenvalue weighted by atomic mass is 10.0. The van der Waals surface area contributed by atoms with Gasteiger partial charge in [-0.25, -0.2) is 15.0 Å². The van der Waals surface area contributed by atoms with Gasteiger partial charge in [0, 0.05) is 50.2 Å². The zero-order valence-corrected chi connectivity index (χ0v) is 17.1. The highest BCUT2D eigenvalue weighted by atomic mass is 16.2. The van der Waals surface area contributed by atoms with Crippen molar-refractivity contribution in [3.63, 3.8) is 0 Å². The Labute approximate surface area is 166 Å². The molecule has 0 aromatic carbocycles. The number of hydrogen-bond acceptors (Lipinski definition) is 5. The highest BCUT2D eigenvalue weighted by Crippen LogP contribution is 2.28. The minimum Gasteiger partial charge on any atom is -0.338 e. The molecule has 0 spiro atoms. The molecule has 0 N–H and O–H groups in total. The zero-order valence-electron chi connectivity index (χ0n) is 17.1. The van der Waals surface area contributed by atoms with Crippen LogP contribution >= 0.6 is 0 Å². The highest BCUT2D eigenvalue weighted by molar-refractivity contribution is 5.78. The number of carbonyl (C=O) groups excluding carboxylic acids is 1. The molecule has 2 aliphatic rings. The standard InChI is InChI=1S/C21H30N6O/c1-15(13-26-11-8-22-16(26)2)21(28)27-10-7-18-17(14-27)12-23-20(24-18)19-6-4-5-9-25(19)3/h8,11-12,15,19H,4-7,9-10,13-14H2,1-3H3. The van der Waals surface area contributed by atoms with Crippen LogP contribution in [0.2, 0.25) is 0 Å². The topological polar surface area (TPSA) is 67.2 Å². The molecular formula is C21H30N6O. The van der Waals surface area contributed by atoms with Crippen molar-refractivity contribution in [1.29, 1.82) is 0 Å². The molecule has 7 nitrogen and oxygen atoms in total. The Bertz CT molecular complexity index is 847. The lowest BCUT2D eigenvalue weighted by Crippen LogP contribution is -2.41. The van der Waals surface area contributed by atoms with Gasteiger partial charge in [0.1, 0.15) is 11.6 Å². The molecule has 2 atom stereocenters. The molecular weight excluding hydrogens is 352 g/mol. The first kappa shape index (κ1) is 19.1. The Morgan fingerprint density at radius 3 is 2.89 bits per heavy atom. The molecule has 4 heterocycles. The van der Waals surface area contributed by atoms with Crippen LogP contribution in [0.3, 0.4) is 0 Å². The maximum absolute atomic E-state index is 12.9. The number of rotatable bonds is 4. The van der Waals surface area contributed by atoms with Gasteiger partial charge in [-0.2, -0.15) is 0 Å². The molecule has 2 aromatic rings. The fourth-order valence-electron chi connectivity index (χ4n) is 4.36. The minimum absolute atomic E-state index is 0.0782. The summed E-state index contributed by atoms with van der Waals surface area (Å²) in [5.41, 5.74) is 2.21. The molecule has 0 radical (unpaired) electrons. The molecule has 1 saturated heterocycles. The Hall–Kier alpha value is -2.28. The van der Waals surface area contributed by atoms with Crippen molar-refractivity contribution in [1.82, 2.24) is 29.3 Å². The van der Waals surface area contributed by atoms with Crippen LogP contribution in [-0.2, 0) is 24.3 Å². The van der Waals surface area contributed by atoms with E-state index < -0.39 is 0 Å². The van der Waals surface area contributed by atoms with E-state index in [0.717, 1.165) is 48.8 Å². The number of aryl methyl sites for hydroxylation is 1. The second kappa shape index (κ2) is 7.99. The molecule has 1 fully saturated rings. The van der Waals surface area contributed by atoms with Crippen LogP contribution in [0.15, 0.2) is 18.6 Å². The lowest BCUT2D eigenvalue weighted by molar-refractivity contribution is -0.136. The summed E-state index contributed by atoms with van der Waals surface area (Å²) in [6, 6.07) is 0.331. The van der Waals surface area contributed by atoms with Gasteiger partial charge in [0.05, 0.1) is 17.7 Å². The van der Waals surface area contributed by atoms with Gasteiger partial charge in [-0.15, -0.1) is 0 Å². The molecule has 0 bridgehead atoms. The molecule has 28 heavy (non-hydrogen) atoms. The van der Waals surface area contributed by atoms with Gasteiger partial charge in [-0.05, 0) is 33.4 Å². The summed E-state index contributed by atoms with van der Waals surface area (Å²) >= 11 is 0. The number of aromatic nitrogens is 4. The quantitative estimate of drug-likeness (QED) is 0.812. The van der Waals surface area contributed by atoms with E-state index in [4.69, 9.17) is 4.98 Å². The van der Waals surface area contributed by atoms with Crippen LogP contribution < -0.4 is 0 Å². The number of nitrogens with zero attached hydrogens (tertiary/aromatic N) is 6. The summed E-state index contributed by atoms with van der Waals surface area (Å²) < 4.78 is 2.04. The van der Waals surface area contributed by atoms with Crippen molar-refractivity contribution in [2.75, 3.05) is 20.1 Å². The number of hydrogen-bond donors (Lipinski definition) is 0. The summed E-state index contributed by atoms with van der Waals surface area (Å²) in [6.07, 6.45) is 10.1. The molecule has 0 saturated carbocycles. The third-order valence-corrected chi connectivity index (χ3v) is 6.15. The number of likely N-dealkylation sites (tertiary alicyclic amines) is 1. The summed E-state index contributed by atoms with van der Waals surface area (Å²) in [5, 5.41) is 0. The summed E-state index contributed by atoms with van der Waals surface area (Å²) in [5.74, 6) is 2.00. The summed E-state index contributed by atoms with van der Waals surface area (Å²) in [7, 11) is 2.16. The van der Waals surface area contributed by atoms with E-state index in [0.29, 0.717) is 19.1 Å². The van der Waals surface area contributed by atoms with E-state index in [-0.39, 0.29) is 11.8 Å². The Morgan fingerprint density at radius 1 is 1.29 bits per heavy atom. The molecule has 150 valence electrons. The average molecular weight is 383 g/mol. The van der Waals surface area contributed by atoms with Gasteiger partial charge in [0.25, 0.3) is 0 Å². The maximum atomic E-state index is 12.9. The van der Waals surface area contributed by atoms with Crippen molar-refractivity contribution in [3.8, 4) is 0 Å². The monoisotopic (exact) mass is 382 g/mol. The van der Waals surface area contributed by atoms with E-state index >= 15 is 0 Å². The van der Waals surface area contributed by atoms with Crippen molar-refractivity contribution < 1.29 is 4.79 Å². The largest absolute Gasteiger partial charge is 0.338 e. The van der Waals surface area contributed by atoms with Gasteiger partial charge < -0.3 is 9.47 Å². The minimum atomic E-state index is -0.0782. The van der Waals surface area contributed by atoms with Gasteiger partial charge in [0.2, 0.25) is 5.91 Å². The second-order valence-corrected chi connectivity index (χ2v) is 8.23.